The highest BCUT2D eigenvalue weighted by atomic mass is 79.9. The summed E-state index contributed by atoms with van der Waals surface area (Å²) in [6, 6.07) is 5.11. The van der Waals surface area contributed by atoms with E-state index in [1.807, 2.05) is 19.1 Å². The number of ether oxygens (including phenoxy) is 1. The molecule has 0 fully saturated rings. The predicted molar refractivity (Wildman–Crippen MR) is 73.5 cm³/mol. The number of carbonyl (C=O) groups excluding carboxylic acids is 1. The van der Waals surface area contributed by atoms with E-state index in [4.69, 9.17) is 16.3 Å². The van der Waals surface area contributed by atoms with Crippen LogP contribution in [0.15, 0.2) is 22.7 Å². The van der Waals surface area contributed by atoms with Crippen molar-refractivity contribution in [3.8, 4) is 0 Å². The molecule has 0 radical (unpaired) electrons. The van der Waals surface area contributed by atoms with Crippen LogP contribution in [0, 0.1) is 0 Å². The molecule has 1 unspecified atom stereocenters. The molecule has 1 N–H and O–H groups in total. The van der Waals surface area contributed by atoms with Gasteiger partial charge in [-0.25, -0.2) is 4.79 Å². The normalized spacial score (nSPS) is 12.0. The molecule has 17 heavy (non-hydrogen) atoms. The number of carbonyl (C=O) groups is 1. The van der Waals surface area contributed by atoms with E-state index in [9.17, 15) is 4.79 Å². The van der Waals surface area contributed by atoms with Crippen LogP contribution in [0.3, 0.4) is 0 Å². The number of anilines is 1. The van der Waals surface area contributed by atoms with Crippen molar-refractivity contribution in [1.82, 2.24) is 0 Å². The zero-order valence-corrected chi connectivity index (χ0v) is 12.1. The second kappa shape index (κ2) is 6.87. The Hall–Kier alpha value is -0.740. The molecule has 94 valence electrons. The molecule has 0 aliphatic rings. The van der Waals surface area contributed by atoms with Crippen LogP contribution in [0.25, 0.3) is 0 Å². The molecule has 0 aliphatic carbocycles. The Labute approximate surface area is 115 Å². The molecule has 5 heteroatoms. The minimum atomic E-state index is -0.331. The van der Waals surface area contributed by atoms with Gasteiger partial charge in [-0.2, -0.15) is 0 Å². The van der Waals surface area contributed by atoms with Crippen LogP contribution in [0.4, 0.5) is 5.69 Å². The number of benzene rings is 1. The lowest BCUT2D eigenvalue weighted by Gasteiger charge is -2.16. The molecule has 1 atom stereocenters. The summed E-state index contributed by atoms with van der Waals surface area (Å²) in [5.74, 6) is -0.235. The fraction of sp³-hybridized carbons (Fsp3) is 0.417. The van der Waals surface area contributed by atoms with Crippen molar-refractivity contribution >= 4 is 39.2 Å². The zero-order chi connectivity index (χ0) is 12.8. The first-order valence-electron chi connectivity index (χ1n) is 5.46. The van der Waals surface area contributed by atoms with Crippen molar-refractivity contribution in [1.29, 1.82) is 0 Å². The van der Waals surface area contributed by atoms with E-state index >= 15 is 0 Å². The summed E-state index contributed by atoms with van der Waals surface area (Å²) in [6.45, 7) is 4.12. The lowest BCUT2D eigenvalue weighted by atomic mass is 10.2. The molecule has 0 aromatic heterocycles. The summed E-state index contributed by atoms with van der Waals surface area (Å²) in [7, 11) is 0. The van der Waals surface area contributed by atoms with Gasteiger partial charge in [0, 0.05) is 10.2 Å². The maximum atomic E-state index is 11.6. The summed E-state index contributed by atoms with van der Waals surface area (Å²) in [4.78, 5) is 11.6. The first kappa shape index (κ1) is 14.3. The van der Waals surface area contributed by atoms with E-state index in [1.54, 1.807) is 13.0 Å². The average Bonchev–Trinajstić information content (AvgIpc) is 2.30. The number of halogens is 2. The summed E-state index contributed by atoms with van der Waals surface area (Å²) in [6.07, 6.45) is 0.666. The molecule has 1 aromatic rings. The van der Waals surface area contributed by atoms with Gasteiger partial charge in [0.1, 0.15) is 6.04 Å². The van der Waals surface area contributed by atoms with Gasteiger partial charge in [-0.1, -0.05) is 18.5 Å². The van der Waals surface area contributed by atoms with Gasteiger partial charge in [-0.3, -0.25) is 0 Å². The SMILES string of the molecule is CCOC(=O)C(CC)Nc1ccc(Cl)c(Br)c1. The van der Waals surface area contributed by atoms with E-state index < -0.39 is 0 Å². The van der Waals surface area contributed by atoms with Gasteiger partial charge in [0.25, 0.3) is 0 Å². The van der Waals surface area contributed by atoms with Gasteiger partial charge in [0.15, 0.2) is 0 Å². The van der Waals surface area contributed by atoms with Crippen LogP contribution in [0.2, 0.25) is 5.02 Å². The fourth-order valence-electron chi connectivity index (χ4n) is 1.36. The first-order valence-corrected chi connectivity index (χ1v) is 6.63. The van der Waals surface area contributed by atoms with Crippen molar-refractivity contribution < 1.29 is 9.53 Å². The number of hydrogen-bond acceptors (Lipinski definition) is 3. The van der Waals surface area contributed by atoms with Gasteiger partial charge >= 0.3 is 5.97 Å². The van der Waals surface area contributed by atoms with Crippen molar-refractivity contribution in [3.05, 3.63) is 27.7 Å². The maximum Gasteiger partial charge on any atom is 0.328 e. The Morgan fingerprint density at radius 3 is 2.76 bits per heavy atom. The molecule has 0 bridgehead atoms. The first-order chi connectivity index (χ1) is 8.08. The van der Waals surface area contributed by atoms with Crippen LogP contribution in [0.1, 0.15) is 20.3 Å². The highest BCUT2D eigenvalue weighted by Crippen LogP contribution is 2.26. The molecular formula is C12H15BrClNO2. The Morgan fingerprint density at radius 2 is 2.24 bits per heavy atom. The predicted octanol–water partition coefficient (Wildman–Crippen LogP) is 3.86. The topological polar surface area (TPSA) is 38.3 Å². The van der Waals surface area contributed by atoms with Crippen LogP contribution >= 0.6 is 27.5 Å². The van der Waals surface area contributed by atoms with Crippen LogP contribution in [-0.4, -0.2) is 18.6 Å². The lowest BCUT2D eigenvalue weighted by molar-refractivity contribution is -0.144. The minimum absolute atomic E-state index is 0.235. The van der Waals surface area contributed by atoms with Crippen molar-refractivity contribution in [2.24, 2.45) is 0 Å². The molecule has 3 nitrogen and oxygen atoms in total. The largest absolute Gasteiger partial charge is 0.464 e. The second-order valence-corrected chi connectivity index (χ2v) is 4.75. The Morgan fingerprint density at radius 1 is 1.53 bits per heavy atom. The van der Waals surface area contributed by atoms with Crippen LogP contribution in [-0.2, 0) is 9.53 Å². The standard InChI is InChI=1S/C12H15BrClNO2/c1-3-11(12(16)17-4-2)15-8-5-6-10(14)9(13)7-8/h5-7,11,15H,3-4H2,1-2H3. The van der Waals surface area contributed by atoms with Gasteiger partial charge in [-0.15, -0.1) is 0 Å². The Kier molecular flexibility index (Phi) is 5.78. The second-order valence-electron chi connectivity index (χ2n) is 3.49. The van der Waals surface area contributed by atoms with E-state index in [2.05, 4.69) is 21.2 Å². The maximum absolute atomic E-state index is 11.6. The highest BCUT2D eigenvalue weighted by Gasteiger charge is 2.17. The summed E-state index contributed by atoms with van der Waals surface area (Å²) in [5, 5.41) is 3.76. The minimum Gasteiger partial charge on any atom is -0.464 e. The zero-order valence-electron chi connectivity index (χ0n) is 9.80. The third-order valence-electron chi connectivity index (χ3n) is 2.24. The van der Waals surface area contributed by atoms with Crippen molar-refractivity contribution in [3.63, 3.8) is 0 Å². The van der Waals surface area contributed by atoms with Gasteiger partial charge < -0.3 is 10.1 Å². The third-order valence-corrected chi connectivity index (χ3v) is 3.45. The van der Waals surface area contributed by atoms with E-state index in [1.165, 1.54) is 0 Å². The molecule has 0 spiro atoms. The smallest absolute Gasteiger partial charge is 0.328 e. The van der Waals surface area contributed by atoms with Gasteiger partial charge in [0.05, 0.1) is 11.6 Å². The van der Waals surface area contributed by atoms with E-state index in [0.29, 0.717) is 18.1 Å². The number of nitrogens with one attached hydrogen (secondary N) is 1. The molecular weight excluding hydrogens is 305 g/mol. The molecule has 1 rings (SSSR count). The van der Waals surface area contributed by atoms with Crippen molar-refractivity contribution in [2.45, 2.75) is 26.3 Å². The average molecular weight is 321 g/mol. The van der Waals surface area contributed by atoms with E-state index in [-0.39, 0.29) is 12.0 Å². The molecule has 0 aliphatic heterocycles. The highest BCUT2D eigenvalue weighted by molar-refractivity contribution is 9.10. The van der Waals surface area contributed by atoms with Gasteiger partial charge in [0.2, 0.25) is 0 Å². The number of esters is 1. The molecule has 0 heterocycles. The quantitative estimate of drug-likeness (QED) is 0.837. The van der Waals surface area contributed by atoms with Gasteiger partial charge in [-0.05, 0) is 47.5 Å². The van der Waals surface area contributed by atoms with Crippen LogP contribution in [0.5, 0.6) is 0 Å². The fourth-order valence-corrected chi connectivity index (χ4v) is 1.85. The lowest BCUT2D eigenvalue weighted by Crippen LogP contribution is -2.30. The number of hydrogen-bond donors (Lipinski definition) is 1. The Bertz CT molecular complexity index is 398. The Balaban J connectivity index is 2.73. The third kappa shape index (κ3) is 4.21. The molecule has 0 saturated carbocycles. The van der Waals surface area contributed by atoms with Crippen molar-refractivity contribution in [2.75, 3.05) is 11.9 Å². The van der Waals surface area contributed by atoms with E-state index in [0.717, 1.165) is 10.2 Å². The van der Waals surface area contributed by atoms with Crippen LogP contribution < -0.4 is 5.32 Å². The number of rotatable bonds is 5. The monoisotopic (exact) mass is 319 g/mol. The molecule has 0 amide bonds. The molecule has 1 aromatic carbocycles. The molecule has 0 saturated heterocycles. The summed E-state index contributed by atoms with van der Waals surface area (Å²) in [5.41, 5.74) is 0.834. The summed E-state index contributed by atoms with van der Waals surface area (Å²) >= 11 is 9.23. The summed E-state index contributed by atoms with van der Waals surface area (Å²) < 4.78 is 5.78.